The van der Waals surface area contributed by atoms with E-state index in [1.54, 1.807) is 0 Å². The van der Waals surface area contributed by atoms with Crippen molar-refractivity contribution in [2.45, 2.75) is 50.5 Å². The highest BCUT2D eigenvalue weighted by Crippen LogP contribution is 2.30. The number of ether oxygens (including phenoxy) is 5. The lowest BCUT2D eigenvalue weighted by Gasteiger charge is -2.44. The van der Waals surface area contributed by atoms with Crippen LogP contribution in [0.5, 0.6) is 5.75 Å². The Bertz CT molecular complexity index is 1290. The van der Waals surface area contributed by atoms with Crippen molar-refractivity contribution in [1.29, 1.82) is 0 Å². The Balaban J connectivity index is 1.39. The molecule has 208 valence electrons. The van der Waals surface area contributed by atoms with Crippen LogP contribution in [0.15, 0.2) is 120 Å². The van der Waals surface area contributed by atoms with Crippen LogP contribution in [-0.2, 0) is 38.8 Å². The van der Waals surface area contributed by atoms with Crippen LogP contribution in [-0.4, -0.2) is 42.4 Å². The number of benzene rings is 4. The van der Waals surface area contributed by atoms with E-state index in [-0.39, 0.29) is 6.61 Å². The number of hydrogen-bond donors (Lipinski definition) is 1. The maximum atomic E-state index is 11.2. The Labute approximate surface area is 243 Å². The topological polar surface area (TPSA) is 66.4 Å². The first kappa shape index (κ1) is 28.5. The van der Waals surface area contributed by atoms with E-state index in [4.69, 9.17) is 23.7 Å². The van der Waals surface area contributed by atoms with Gasteiger partial charge in [0.2, 0.25) is 0 Å². The molecule has 7 heteroatoms. The van der Waals surface area contributed by atoms with Crippen LogP contribution in [0.25, 0.3) is 0 Å². The van der Waals surface area contributed by atoms with Crippen molar-refractivity contribution in [1.82, 2.24) is 0 Å². The molecule has 0 aromatic heterocycles. The zero-order valence-corrected chi connectivity index (χ0v) is 23.6. The lowest BCUT2D eigenvalue weighted by Crippen LogP contribution is -2.61. The Kier molecular flexibility index (Phi) is 10.4. The summed E-state index contributed by atoms with van der Waals surface area (Å²) in [4.78, 5) is 0. The van der Waals surface area contributed by atoms with Crippen molar-refractivity contribution < 1.29 is 28.8 Å². The summed E-state index contributed by atoms with van der Waals surface area (Å²) in [7, 11) is 0. The van der Waals surface area contributed by atoms with Crippen molar-refractivity contribution >= 4 is 15.9 Å². The molecule has 0 saturated carbocycles. The Morgan fingerprint density at radius 3 is 1.62 bits per heavy atom. The fourth-order valence-electron chi connectivity index (χ4n) is 4.63. The van der Waals surface area contributed by atoms with E-state index in [0.717, 1.165) is 21.2 Å². The van der Waals surface area contributed by atoms with Gasteiger partial charge in [0, 0.05) is 4.47 Å². The first-order chi connectivity index (χ1) is 19.7. The molecule has 1 aliphatic heterocycles. The van der Waals surface area contributed by atoms with Gasteiger partial charge < -0.3 is 28.8 Å². The number of halogens is 1. The third-order valence-corrected chi connectivity index (χ3v) is 7.17. The summed E-state index contributed by atoms with van der Waals surface area (Å²) >= 11 is 3.48. The standard InChI is InChI=1S/C33H33BrO6/c34-27-17-10-18-28(19-27)36-23-29-30(37-20-24-11-4-1-5-12-24)31(38-21-25-13-6-2-7-14-25)32(33(35)40-29)39-22-26-15-8-3-9-16-26/h1-19,29-33,35H,20-23H2/t29-,30-,31+,32-,33+/m1/s1. The molecular formula is C33H33BrO6. The first-order valence-corrected chi connectivity index (χ1v) is 14.1. The quantitative estimate of drug-likeness (QED) is 0.205. The van der Waals surface area contributed by atoms with E-state index < -0.39 is 30.7 Å². The van der Waals surface area contributed by atoms with Crippen molar-refractivity contribution in [3.63, 3.8) is 0 Å². The lowest BCUT2D eigenvalue weighted by atomic mass is 9.98. The maximum Gasteiger partial charge on any atom is 0.184 e. The summed E-state index contributed by atoms with van der Waals surface area (Å²) < 4.78 is 32.4. The minimum atomic E-state index is -1.24. The minimum absolute atomic E-state index is 0.156. The molecular weight excluding hydrogens is 572 g/mol. The number of aliphatic hydroxyl groups is 1. The van der Waals surface area contributed by atoms with Gasteiger partial charge in [-0.15, -0.1) is 0 Å². The lowest BCUT2D eigenvalue weighted by molar-refractivity contribution is -0.314. The van der Waals surface area contributed by atoms with Crippen LogP contribution in [0.3, 0.4) is 0 Å². The second kappa shape index (κ2) is 14.6. The van der Waals surface area contributed by atoms with Gasteiger partial charge in [-0.1, -0.05) is 113 Å². The highest BCUT2D eigenvalue weighted by molar-refractivity contribution is 9.10. The van der Waals surface area contributed by atoms with E-state index in [2.05, 4.69) is 15.9 Å². The van der Waals surface area contributed by atoms with Crippen molar-refractivity contribution in [2.24, 2.45) is 0 Å². The van der Waals surface area contributed by atoms with Gasteiger partial charge in [-0.25, -0.2) is 0 Å². The third-order valence-electron chi connectivity index (χ3n) is 6.68. The predicted molar refractivity (Wildman–Crippen MR) is 156 cm³/mol. The van der Waals surface area contributed by atoms with Crippen LogP contribution in [0.4, 0.5) is 0 Å². The van der Waals surface area contributed by atoms with Crippen molar-refractivity contribution in [2.75, 3.05) is 6.61 Å². The van der Waals surface area contributed by atoms with Crippen LogP contribution >= 0.6 is 15.9 Å². The fraction of sp³-hybridized carbons (Fsp3) is 0.273. The summed E-state index contributed by atoms with van der Waals surface area (Å²) in [5, 5.41) is 11.2. The van der Waals surface area contributed by atoms with Crippen LogP contribution in [0, 0.1) is 0 Å². The Morgan fingerprint density at radius 1 is 0.600 bits per heavy atom. The molecule has 5 atom stereocenters. The minimum Gasteiger partial charge on any atom is -0.491 e. The summed E-state index contributed by atoms with van der Waals surface area (Å²) in [5.74, 6) is 0.679. The highest BCUT2D eigenvalue weighted by Gasteiger charge is 2.48. The van der Waals surface area contributed by atoms with E-state index in [1.807, 2.05) is 115 Å². The fourth-order valence-corrected chi connectivity index (χ4v) is 5.01. The second-order valence-electron chi connectivity index (χ2n) is 9.62. The number of hydrogen-bond acceptors (Lipinski definition) is 6. The summed E-state index contributed by atoms with van der Waals surface area (Å²) in [6.07, 6.45) is -3.85. The number of aliphatic hydroxyl groups excluding tert-OH is 1. The van der Waals surface area contributed by atoms with E-state index in [1.165, 1.54) is 0 Å². The van der Waals surface area contributed by atoms with Gasteiger partial charge in [-0.3, -0.25) is 0 Å². The van der Waals surface area contributed by atoms with E-state index in [9.17, 15) is 5.11 Å². The molecule has 1 aliphatic rings. The normalized spacial score (nSPS) is 22.6. The molecule has 1 saturated heterocycles. The monoisotopic (exact) mass is 604 g/mol. The largest absolute Gasteiger partial charge is 0.491 e. The van der Waals surface area contributed by atoms with Crippen molar-refractivity contribution in [3.05, 3.63) is 136 Å². The zero-order chi connectivity index (χ0) is 27.6. The second-order valence-corrected chi connectivity index (χ2v) is 10.5. The van der Waals surface area contributed by atoms with Gasteiger partial charge >= 0.3 is 0 Å². The Hall–Kier alpha value is -3.04. The van der Waals surface area contributed by atoms with Gasteiger partial charge in [0.05, 0.1) is 19.8 Å². The molecule has 1 heterocycles. The van der Waals surface area contributed by atoms with Crippen LogP contribution in [0.2, 0.25) is 0 Å². The third kappa shape index (κ3) is 8.01. The molecule has 5 rings (SSSR count). The summed E-state index contributed by atoms with van der Waals surface area (Å²) in [6, 6.07) is 37.3. The van der Waals surface area contributed by atoms with Gasteiger partial charge in [-0.2, -0.15) is 0 Å². The molecule has 0 unspecified atom stereocenters. The Morgan fingerprint density at radius 2 is 1.10 bits per heavy atom. The number of rotatable bonds is 12. The molecule has 0 bridgehead atoms. The molecule has 0 spiro atoms. The molecule has 6 nitrogen and oxygen atoms in total. The zero-order valence-electron chi connectivity index (χ0n) is 22.1. The van der Waals surface area contributed by atoms with Crippen molar-refractivity contribution in [3.8, 4) is 5.75 Å². The van der Waals surface area contributed by atoms with E-state index >= 15 is 0 Å². The van der Waals surface area contributed by atoms with Gasteiger partial charge in [0.1, 0.15) is 36.8 Å². The smallest absolute Gasteiger partial charge is 0.184 e. The maximum absolute atomic E-state index is 11.2. The SMILES string of the molecule is O[C@H]1O[C@H](COc2cccc(Br)c2)[C@@H](OCc2ccccc2)[C@H](OCc2ccccc2)[C@H]1OCc1ccccc1. The van der Waals surface area contributed by atoms with Crippen LogP contribution < -0.4 is 4.74 Å². The molecule has 0 amide bonds. The summed E-state index contributed by atoms with van der Waals surface area (Å²) in [5.41, 5.74) is 3.01. The molecule has 40 heavy (non-hydrogen) atoms. The van der Waals surface area contributed by atoms with E-state index in [0.29, 0.717) is 25.6 Å². The average molecular weight is 606 g/mol. The highest BCUT2D eigenvalue weighted by atomic mass is 79.9. The summed E-state index contributed by atoms with van der Waals surface area (Å²) in [6.45, 7) is 1.12. The van der Waals surface area contributed by atoms with Gasteiger partial charge in [0.15, 0.2) is 6.29 Å². The predicted octanol–water partition coefficient (Wildman–Crippen LogP) is 6.30. The molecule has 1 fully saturated rings. The molecule has 0 radical (unpaired) electrons. The molecule has 0 aliphatic carbocycles. The van der Waals surface area contributed by atoms with Crippen LogP contribution in [0.1, 0.15) is 16.7 Å². The molecule has 4 aromatic rings. The van der Waals surface area contributed by atoms with Gasteiger partial charge in [0.25, 0.3) is 0 Å². The first-order valence-electron chi connectivity index (χ1n) is 13.3. The average Bonchev–Trinajstić information content (AvgIpc) is 2.99. The molecule has 1 N–H and O–H groups in total. The van der Waals surface area contributed by atoms with Gasteiger partial charge in [-0.05, 0) is 34.9 Å². The molecule has 4 aromatic carbocycles.